The van der Waals surface area contributed by atoms with Gasteiger partial charge in [0.1, 0.15) is 40.8 Å². The lowest BCUT2D eigenvalue weighted by Crippen LogP contribution is -2.50. The van der Waals surface area contributed by atoms with E-state index in [1.807, 2.05) is 0 Å². The maximum Gasteiger partial charge on any atom is 0.276 e. The van der Waals surface area contributed by atoms with Crippen LogP contribution in [0, 0.1) is 12.8 Å². The fourth-order valence-corrected chi connectivity index (χ4v) is 4.43. The molecule has 5 rings (SSSR count). The highest BCUT2D eigenvalue weighted by Crippen LogP contribution is 2.36. The molecule has 1 atom stereocenters. The molecule has 0 aromatic carbocycles. The van der Waals surface area contributed by atoms with Gasteiger partial charge >= 0.3 is 0 Å². The third-order valence-corrected chi connectivity index (χ3v) is 6.05. The van der Waals surface area contributed by atoms with Gasteiger partial charge in [0.25, 0.3) is 11.5 Å². The molecule has 3 heterocycles. The summed E-state index contributed by atoms with van der Waals surface area (Å²) < 4.78 is 1.43. The number of carbonyl (C=O) groups excluding carboxylic acids is 3. The number of hydrogen-bond acceptors (Lipinski definition) is 7. The molecule has 10 heteroatoms. The number of pyridine rings is 1. The van der Waals surface area contributed by atoms with E-state index < -0.39 is 11.2 Å². The summed E-state index contributed by atoms with van der Waals surface area (Å²) in [5.41, 5.74) is -0.295. The lowest BCUT2D eigenvalue weighted by Gasteiger charge is -2.34. The van der Waals surface area contributed by atoms with Gasteiger partial charge in [0, 0.05) is 24.8 Å². The number of anilines is 3. The second-order valence-electron chi connectivity index (χ2n) is 8.46. The van der Waals surface area contributed by atoms with E-state index >= 15 is 0 Å². The van der Waals surface area contributed by atoms with Crippen molar-refractivity contribution in [1.29, 1.82) is 0 Å². The van der Waals surface area contributed by atoms with Gasteiger partial charge in [-0.3, -0.25) is 23.7 Å². The number of hydrogen-bond donors (Lipinski definition) is 3. The molecule has 3 aliphatic rings. The first-order valence-corrected chi connectivity index (χ1v) is 10.4. The number of carbonyl (C=O) groups is 3. The standard InChI is InChI=1S/C21H22N6O4/c1-11-7-14(24-15-8-16(23-10-22-15)25-18(29)12-4-5-12)20(31)27-17(11)19(30)26-21(27)6-2-3-13(28)9-21/h7-8,10,12H,2-6,9H2,1H3,(H,26,30)(H2,22,23,24,25,29). The first-order chi connectivity index (χ1) is 14.9. The minimum Gasteiger partial charge on any atom is -0.336 e. The normalized spacial score (nSPS) is 22.2. The van der Waals surface area contributed by atoms with Gasteiger partial charge in [0.15, 0.2) is 0 Å². The molecule has 2 saturated carbocycles. The maximum absolute atomic E-state index is 13.4. The fraction of sp³-hybridized carbons (Fsp3) is 0.429. The van der Waals surface area contributed by atoms with Crippen LogP contribution in [-0.4, -0.2) is 32.1 Å². The molecule has 10 nitrogen and oxygen atoms in total. The SMILES string of the molecule is Cc1cc(Nc2cc(NC(=O)C3CC3)ncn2)c(=O)n2c1C(=O)NC21CCCC(=O)C1. The molecule has 1 spiro atoms. The van der Waals surface area contributed by atoms with Gasteiger partial charge in [-0.1, -0.05) is 0 Å². The van der Waals surface area contributed by atoms with Crippen molar-refractivity contribution in [2.45, 2.75) is 51.1 Å². The molecule has 2 aliphatic carbocycles. The van der Waals surface area contributed by atoms with Crippen molar-refractivity contribution in [2.75, 3.05) is 10.6 Å². The Balaban J connectivity index is 1.50. The Kier molecular flexibility index (Phi) is 4.38. The van der Waals surface area contributed by atoms with Crippen LogP contribution in [0.1, 0.15) is 54.6 Å². The van der Waals surface area contributed by atoms with Crippen molar-refractivity contribution >= 4 is 34.9 Å². The summed E-state index contributed by atoms with van der Waals surface area (Å²) in [7, 11) is 0. The number of ketones is 1. The molecule has 1 unspecified atom stereocenters. The van der Waals surface area contributed by atoms with Crippen molar-refractivity contribution in [1.82, 2.24) is 19.9 Å². The highest BCUT2D eigenvalue weighted by molar-refractivity contribution is 5.98. The number of Topliss-reactive ketones (excluding diaryl/α,β-unsaturated/α-hetero) is 1. The molecule has 2 amide bonds. The summed E-state index contributed by atoms with van der Waals surface area (Å²) in [5.74, 6) is 0.321. The number of nitrogens with zero attached hydrogens (tertiary/aromatic N) is 3. The Morgan fingerprint density at radius 1 is 1.19 bits per heavy atom. The Bertz CT molecular complexity index is 1180. The Morgan fingerprint density at radius 2 is 1.97 bits per heavy atom. The lowest BCUT2D eigenvalue weighted by molar-refractivity contribution is -0.123. The molecule has 2 aromatic rings. The number of aryl methyl sites for hydroxylation is 1. The van der Waals surface area contributed by atoms with Crippen molar-refractivity contribution in [3.63, 3.8) is 0 Å². The second-order valence-corrected chi connectivity index (χ2v) is 8.46. The number of amides is 2. The fourth-order valence-electron chi connectivity index (χ4n) is 4.43. The van der Waals surface area contributed by atoms with E-state index in [2.05, 4.69) is 25.9 Å². The number of nitrogens with one attached hydrogen (secondary N) is 3. The van der Waals surface area contributed by atoms with E-state index in [1.54, 1.807) is 19.1 Å². The van der Waals surface area contributed by atoms with Crippen LogP contribution in [0.5, 0.6) is 0 Å². The minimum atomic E-state index is -1.02. The lowest BCUT2D eigenvalue weighted by atomic mass is 9.88. The van der Waals surface area contributed by atoms with Crippen LogP contribution in [0.3, 0.4) is 0 Å². The Morgan fingerprint density at radius 3 is 2.71 bits per heavy atom. The second kappa shape index (κ2) is 7.00. The molecule has 2 fully saturated rings. The number of rotatable bonds is 4. The van der Waals surface area contributed by atoms with E-state index in [-0.39, 0.29) is 41.3 Å². The smallest absolute Gasteiger partial charge is 0.276 e. The van der Waals surface area contributed by atoms with Gasteiger partial charge in [-0.15, -0.1) is 0 Å². The predicted octanol–water partition coefficient (Wildman–Crippen LogP) is 1.58. The van der Waals surface area contributed by atoms with Crippen LogP contribution >= 0.6 is 0 Å². The summed E-state index contributed by atoms with van der Waals surface area (Å²) in [4.78, 5) is 58.4. The van der Waals surface area contributed by atoms with Crippen LogP contribution in [0.25, 0.3) is 0 Å². The van der Waals surface area contributed by atoms with Gasteiger partial charge in [-0.05, 0) is 44.2 Å². The zero-order valence-electron chi connectivity index (χ0n) is 17.0. The van der Waals surface area contributed by atoms with Crippen molar-refractivity contribution in [3.05, 3.63) is 40.1 Å². The van der Waals surface area contributed by atoms with E-state index in [0.717, 1.165) is 12.8 Å². The number of aromatic nitrogens is 3. The largest absolute Gasteiger partial charge is 0.336 e. The summed E-state index contributed by atoms with van der Waals surface area (Å²) >= 11 is 0. The van der Waals surface area contributed by atoms with Crippen LogP contribution in [0.15, 0.2) is 23.3 Å². The molecule has 0 radical (unpaired) electrons. The molecule has 2 aromatic heterocycles. The van der Waals surface area contributed by atoms with E-state index in [1.165, 1.54) is 10.9 Å². The number of fused-ring (bicyclic) bond motifs is 2. The molecule has 31 heavy (non-hydrogen) atoms. The Hall–Kier alpha value is -3.56. The molecular weight excluding hydrogens is 400 g/mol. The first kappa shape index (κ1) is 19.4. The molecule has 3 N–H and O–H groups in total. The molecule has 1 aliphatic heterocycles. The molecular formula is C21H22N6O4. The monoisotopic (exact) mass is 422 g/mol. The van der Waals surface area contributed by atoms with Crippen LogP contribution in [0.2, 0.25) is 0 Å². The summed E-state index contributed by atoms with van der Waals surface area (Å²) in [6.45, 7) is 1.75. The molecule has 160 valence electrons. The summed E-state index contributed by atoms with van der Waals surface area (Å²) in [6, 6.07) is 3.15. The Labute approximate surface area is 177 Å². The van der Waals surface area contributed by atoms with E-state index in [4.69, 9.17) is 0 Å². The zero-order valence-corrected chi connectivity index (χ0v) is 17.0. The van der Waals surface area contributed by atoms with Crippen molar-refractivity contribution in [3.8, 4) is 0 Å². The van der Waals surface area contributed by atoms with Gasteiger partial charge < -0.3 is 16.0 Å². The summed E-state index contributed by atoms with van der Waals surface area (Å²) in [5, 5.41) is 8.63. The van der Waals surface area contributed by atoms with Gasteiger partial charge in [-0.25, -0.2) is 9.97 Å². The van der Waals surface area contributed by atoms with Crippen LogP contribution in [-0.2, 0) is 15.3 Å². The molecule has 0 bridgehead atoms. The van der Waals surface area contributed by atoms with E-state index in [0.29, 0.717) is 36.5 Å². The van der Waals surface area contributed by atoms with Crippen LogP contribution in [0.4, 0.5) is 17.3 Å². The topological polar surface area (TPSA) is 135 Å². The third-order valence-electron chi connectivity index (χ3n) is 6.05. The third kappa shape index (κ3) is 3.37. The first-order valence-electron chi connectivity index (χ1n) is 10.4. The van der Waals surface area contributed by atoms with Gasteiger partial charge in [0.05, 0.1) is 0 Å². The van der Waals surface area contributed by atoms with Crippen molar-refractivity contribution in [2.24, 2.45) is 5.92 Å². The maximum atomic E-state index is 13.4. The van der Waals surface area contributed by atoms with E-state index in [9.17, 15) is 19.2 Å². The van der Waals surface area contributed by atoms with Gasteiger partial charge in [0.2, 0.25) is 5.91 Å². The average Bonchev–Trinajstić information content (AvgIpc) is 3.52. The van der Waals surface area contributed by atoms with Crippen LogP contribution < -0.4 is 21.5 Å². The zero-order chi connectivity index (χ0) is 21.8. The average molecular weight is 422 g/mol. The van der Waals surface area contributed by atoms with Crippen molar-refractivity contribution < 1.29 is 14.4 Å². The highest BCUT2D eigenvalue weighted by Gasteiger charge is 2.47. The highest BCUT2D eigenvalue weighted by atomic mass is 16.2. The molecule has 0 saturated heterocycles. The minimum absolute atomic E-state index is 0.0224. The quantitative estimate of drug-likeness (QED) is 0.681. The summed E-state index contributed by atoms with van der Waals surface area (Å²) in [6.07, 6.45) is 4.74. The predicted molar refractivity (Wildman–Crippen MR) is 111 cm³/mol. The van der Waals surface area contributed by atoms with Gasteiger partial charge in [-0.2, -0.15) is 0 Å².